The standard InChI is InChI=1S/C10H11ClN6/c11-5-8-1-2-9(15-13-8)16-3-4-17-7-12-14-10(17)6-16/h1-2,7H,3-6H2. The molecule has 2 aromatic rings. The lowest BCUT2D eigenvalue weighted by molar-refractivity contribution is 0.554. The topological polar surface area (TPSA) is 59.7 Å². The molecule has 3 heterocycles. The van der Waals surface area contributed by atoms with Gasteiger partial charge in [-0.25, -0.2) is 0 Å². The maximum Gasteiger partial charge on any atom is 0.152 e. The Hall–Kier alpha value is -1.69. The smallest absolute Gasteiger partial charge is 0.152 e. The van der Waals surface area contributed by atoms with Crippen molar-refractivity contribution in [3.05, 3.63) is 30.0 Å². The molecule has 0 spiro atoms. The monoisotopic (exact) mass is 250 g/mol. The van der Waals surface area contributed by atoms with E-state index in [9.17, 15) is 0 Å². The van der Waals surface area contributed by atoms with E-state index in [1.165, 1.54) is 0 Å². The summed E-state index contributed by atoms with van der Waals surface area (Å²) in [6.07, 6.45) is 1.76. The van der Waals surface area contributed by atoms with E-state index in [1.54, 1.807) is 6.33 Å². The summed E-state index contributed by atoms with van der Waals surface area (Å²) >= 11 is 5.68. The summed E-state index contributed by atoms with van der Waals surface area (Å²) in [5.41, 5.74) is 0.788. The maximum absolute atomic E-state index is 5.68. The molecule has 1 aliphatic rings. The largest absolute Gasteiger partial charge is 0.346 e. The Morgan fingerprint density at radius 3 is 2.88 bits per heavy atom. The molecule has 88 valence electrons. The molecule has 0 fully saturated rings. The van der Waals surface area contributed by atoms with Crippen LogP contribution in [0.1, 0.15) is 11.5 Å². The second-order valence-electron chi connectivity index (χ2n) is 3.88. The number of fused-ring (bicyclic) bond motifs is 1. The lowest BCUT2D eigenvalue weighted by atomic mass is 10.3. The van der Waals surface area contributed by atoms with Crippen molar-refractivity contribution in [3.63, 3.8) is 0 Å². The molecule has 0 radical (unpaired) electrons. The van der Waals surface area contributed by atoms with Crippen molar-refractivity contribution in [2.75, 3.05) is 11.4 Å². The third-order valence-corrected chi connectivity index (χ3v) is 3.08. The van der Waals surface area contributed by atoms with Gasteiger partial charge in [0, 0.05) is 13.1 Å². The quantitative estimate of drug-likeness (QED) is 0.739. The molecular formula is C10H11ClN6. The van der Waals surface area contributed by atoms with Crippen molar-refractivity contribution < 1.29 is 0 Å². The van der Waals surface area contributed by atoms with E-state index >= 15 is 0 Å². The van der Waals surface area contributed by atoms with E-state index in [-0.39, 0.29) is 0 Å². The number of hydrogen-bond acceptors (Lipinski definition) is 5. The Morgan fingerprint density at radius 2 is 2.12 bits per heavy atom. The Kier molecular flexibility index (Phi) is 2.64. The lowest BCUT2D eigenvalue weighted by Crippen LogP contribution is -2.34. The van der Waals surface area contributed by atoms with Crippen LogP contribution in [0.3, 0.4) is 0 Å². The fourth-order valence-corrected chi connectivity index (χ4v) is 2.00. The van der Waals surface area contributed by atoms with Crippen LogP contribution in [0, 0.1) is 0 Å². The van der Waals surface area contributed by atoms with Gasteiger partial charge < -0.3 is 9.47 Å². The normalized spacial score (nSPS) is 14.8. The Balaban J connectivity index is 1.81. The summed E-state index contributed by atoms with van der Waals surface area (Å²) in [4.78, 5) is 2.13. The summed E-state index contributed by atoms with van der Waals surface area (Å²) in [5, 5.41) is 16.2. The van der Waals surface area contributed by atoms with Crippen LogP contribution in [0.2, 0.25) is 0 Å². The molecule has 0 aliphatic carbocycles. The van der Waals surface area contributed by atoms with Crippen LogP contribution in [0.25, 0.3) is 0 Å². The second-order valence-corrected chi connectivity index (χ2v) is 4.15. The summed E-state index contributed by atoms with van der Waals surface area (Å²) in [6.45, 7) is 2.48. The Bertz CT molecular complexity index is 508. The molecule has 3 rings (SSSR count). The zero-order valence-corrected chi connectivity index (χ0v) is 9.88. The summed E-state index contributed by atoms with van der Waals surface area (Å²) in [6, 6.07) is 3.84. The van der Waals surface area contributed by atoms with Gasteiger partial charge in [-0.3, -0.25) is 0 Å². The Morgan fingerprint density at radius 1 is 1.18 bits per heavy atom. The number of halogens is 1. The van der Waals surface area contributed by atoms with Crippen molar-refractivity contribution in [2.45, 2.75) is 19.0 Å². The SMILES string of the molecule is ClCc1ccc(N2CCn3cnnc3C2)nn1. The van der Waals surface area contributed by atoms with Crippen LogP contribution >= 0.6 is 11.6 Å². The zero-order valence-electron chi connectivity index (χ0n) is 9.12. The fraction of sp³-hybridized carbons (Fsp3) is 0.400. The predicted molar refractivity (Wildman–Crippen MR) is 62.7 cm³/mol. The van der Waals surface area contributed by atoms with E-state index in [1.807, 2.05) is 12.1 Å². The summed E-state index contributed by atoms with van der Waals surface area (Å²) in [5.74, 6) is 2.20. The van der Waals surface area contributed by atoms with Gasteiger partial charge in [0.15, 0.2) is 11.6 Å². The van der Waals surface area contributed by atoms with Crippen molar-refractivity contribution in [1.29, 1.82) is 0 Å². The molecule has 0 amide bonds. The van der Waals surface area contributed by atoms with Crippen LogP contribution in [0.5, 0.6) is 0 Å². The van der Waals surface area contributed by atoms with Crippen molar-refractivity contribution >= 4 is 17.4 Å². The third kappa shape index (κ3) is 1.95. The molecule has 0 saturated heterocycles. The fourth-order valence-electron chi connectivity index (χ4n) is 1.85. The molecule has 7 heteroatoms. The molecule has 17 heavy (non-hydrogen) atoms. The highest BCUT2D eigenvalue weighted by Gasteiger charge is 2.18. The number of rotatable bonds is 2. The van der Waals surface area contributed by atoms with Crippen LogP contribution in [-0.4, -0.2) is 31.5 Å². The first kappa shape index (κ1) is 10.5. The van der Waals surface area contributed by atoms with Gasteiger partial charge in [-0.2, -0.15) is 5.10 Å². The number of anilines is 1. The highest BCUT2D eigenvalue weighted by Crippen LogP contribution is 2.16. The van der Waals surface area contributed by atoms with Gasteiger partial charge in [-0.1, -0.05) is 0 Å². The van der Waals surface area contributed by atoms with Gasteiger partial charge in [-0.05, 0) is 12.1 Å². The molecule has 0 atom stereocenters. The van der Waals surface area contributed by atoms with Gasteiger partial charge in [0.2, 0.25) is 0 Å². The molecule has 0 N–H and O–H groups in total. The van der Waals surface area contributed by atoms with Gasteiger partial charge in [0.05, 0.1) is 18.1 Å². The number of alkyl halides is 1. The first-order valence-electron chi connectivity index (χ1n) is 5.37. The first-order chi connectivity index (χ1) is 8.36. The molecule has 0 unspecified atom stereocenters. The third-order valence-electron chi connectivity index (χ3n) is 2.81. The second kappa shape index (κ2) is 4.29. The van der Waals surface area contributed by atoms with Crippen LogP contribution < -0.4 is 4.90 Å². The number of aromatic nitrogens is 5. The van der Waals surface area contributed by atoms with Crippen LogP contribution in [0.4, 0.5) is 5.82 Å². The highest BCUT2D eigenvalue weighted by molar-refractivity contribution is 6.16. The van der Waals surface area contributed by atoms with Crippen molar-refractivity contribution in [1.82, 2.24) is 25.0 Å². The molecule has 2 aromatic heterocycles. The van der Waals surface area contributed by atoms with Gasteiger partial charge in [-0.15, -0.1) is 26.9 Å². The first-order valence-corrected chi connectivity index (χ1v) is 5.90. The van der Waals surface area contributed by atoms with E-state index in [0.717, 1.165) is 37.0 Å². The van der Waals surface area contributed by atoms with Crippen LogP contribution in [0.15, 0.2) is 18.5 Å². The zero-order chi connectivity index (χ0) is 11.7. The van der Waals surface area contributed by atoms with Gasteiger partial charge in [0.1, 0.15) is 6.33 Å². The van der Waals surface area contributed by atoms with E-state index in [2.05, 4.69) is 29.9 Å². The molecule has 0 aromatic carbocycles. The van der Waals surface area contributed by atoms with Gasteiger partial charge in [0.25, 0.3) is 0 Å². The van der Waals surface area contributed by atoms with Gasteiger partial charge >= 0.3 is 0 Å². The molecular weight excluding hydrogens is 240 g/mol. The molecule has 6 nitrogen and oxygen atoms in total. The molecule has 0 bridgehead atoms. The minimum Gasteiger partial charge on any atom is -0.346 e. The molecule has 1 aliphatic heterocycles. The lowest BCUT2D eigenvalue weighted by Gasteiger charge is -2.27. The van der Waals surface area contributed by atoms with Crippen molar-refractivity contribution in [3.8, 4) is 0 Å². The number of hydrogen-bond donors (Lipinski definition) is 0. The average molecular weight is 251 g/mol. The molecule has 0 saturated carbocycles. The minimum absolute atomic E-state index is 0.390. The van der Waals surface area contributed by atoms with E-state index < -0.39 is 0 Å². The van der Waals surface area contributed by atoms with Crippen molar-refractivity contribution in [2.24, 2.45) is 0 Å². The van der Waals surface area contributed by atoms with E-state index in [0.29, 0.717) is 5.88 Å². The van der Waals surface area contributed by atoms with E-state index in [4.69, 9.17) is 11.6 Å². The summed E-state index contributed by atoms with van der Waals surface area (Å²) < 4.78 is 2.05. The summed E-state index contributed by atoms with van der Waals surface area (Å²) in [7, 11) is 0. The Labute approximate surface area is 103 Å². The average Bonchev–Trinajstić information content (AvgIpc) is 2.86. The van der Waals surface area contributed by atoms with Crippen LogP contribution in [-0.2, 0) is 19.0 Å². The highest BCUT2D eigenvalue weighted by atomic mass is 35.5. The predicted octanol–water partition coefficient (Wildman–Crippen LogP) is 0.827. The maximum atomic E-state index is 5.68. The number of nitrogens with zero attached hydrogens (tertiary/aromatic N) is 6. The minimum atomic E-state index is 0.390.